The van der Waals surface area contributed by atoms with Crippen molar-refractivity contribution in [1.29, 1.82) is 0 Å². The highest BCUT2D eigenvalue weighted by molar-refractivity contribution is 6.04. The van der Waals surface area contributed by atoms with Crippen molar-refractivity contribution in [3.05, 3.63) is 182 Å². The molecule has 0 bridgehead atoms. The summed E-state index contributed by atoms with van der Waals surface area (Å²) >= 11 is 0. The number of imidazole rings is 4. The monoisotopic (exact) mass is 714 g/mol. The number of rotatable bonds is 2. The molecule has 0 fully saturated rings. The molecule has 4 heterocycles. The maximum atomic E-state index is 5.31. The van der Waals surface area contributed by atoms with E-state index in [1.807, 2.05) is 0 Å². The van der Waals surface area contributed by atoms with Crippen LogP contribution in [0.5, 0.6) is 0 Å². The van der Waals surface area contributed by atoms with E-state index in [1.165, 1.54) is 44.5 Å². The zero-order valence-corrected chi connectivity index (χ0v) is 30.0. The zero-order valence-electron chi connectivity index (χ0n) is 30.0. The summed E-state index contributed by atoms with van der Waals surface area (Å²) in [5, 5.41) is 0. The Morgan fingerprint density at radius 2 is 0.643 bits per heavy atom. The van der Waals surface area contributed by atoms with Crippen LogP contribution in [0.2, 0.25) is 0 Å². The Kier molecular flexibility index (Phi) is 5.80. The maximum Gasteiger partial charge on any atom is 0.220 e. The number of hydrogen-bond acceptors (Lipinski definition) is 2. The summed E-state index contributed by atoms with van der Waals surface area (Å²) in [6, 6.07) is 65.5. The average molecular weight is 715 g/mol. The van der Waals surface area contributed by atoms with Gasteiger partial charge in [-0.05, 0) is 111 Å². The molecule has 0 radical (unpaired) electrons. The lowest BCUT2D eigenvalue weighted by Gasteiger charge is -2.23. The fourth-order valence-electron chi connectivity index (χ4n) is 9.38. The topological polar surface area (TPSA) is 44.5 Å². The quantitative estimate of drug-likeness (QED) is 0.179. The molecule has 1 aliphatic rings. The van der Waals surface area contributed by atoms with Crippen molar-refractivity contribution in [3.8, 4) is 55.9 Å². The van der Waals surface area contributed by atoms with Crippen LogP contribution >= 0.6 is 0 Å². The number of aromatic nitrogens is 6. The first-order valence-corrected chi connectivity index (χ1v) is 19.0. The molecule has 8 aromatic carbocycles. The molecule has 0 amide bonds. The van der Waals surface area contributed by atoms with Gasteiger partial charge in [0, 0.05) is 5.69 Å². The first-order valence-electron chi connectivity index (χ1n) is 19.0. The Hall–Kier alpha value is -7.70. The first kappa shape index (κ1) is 29.7. The maximum absolute atomic E-state index is 5.31. The average Bonchev–Trinajstić information content (AvgIpc) is 3.99. The second-order valence-corrected chi connectivity index (χ2v) is 14.7. The molecule has 6 nitrogen and oxygen atoms in total. The molecule has 12 aromatic rings. The Bertz CT molecular complexity index is 3600. The molecule has 13 rings (SSSR count). The third-order valence-electron chi connectivity index (χ3n) is 11.8. The van der Waals surface area contributed by atoms with Gasteiger partial charge < -0.3 is 0 Å². The van der Waals surface area contributed by atoms with Crippen molar-refractivity contribution >= 4 is 55.7 Å². The van der Waals surface area contributed by atoms with Gasteiger partial charge >= 0.3 is 0 Å². The smallest absolute Gasteiger partial charge is 0.220 e. The molecule has 56 heavy (non-hydrogen) atoms. The third kappa shape index (κ3) is 3.89. The van der Waals surface area contributed by atoms with Gasteiger partial charge in [0.2, 0.25) is 11.6 Å². The van der Waals surface area contributed by atoms with E-state index in [0.29, 0.717) is 0 Å². The molecule has 0 aliphatic heterocycles. The molecule has 6 heteroatoms. The van der Waals surface area contributed by atoms with Gasteiger partial charge in [-0.15, -0.1) is 0 Å². The minimum Gasteiger partial charge on any atom is -0.278 e. The summed E-state index contributed by atoms with van der Waals surface area (Å²) in [4.78, 5) is 10.5. The second-order valence-electron chi connectivity index (χ2n) is 14.7. The highest BCUT2D eigenvalue weighted by atomic mass is 15.2. The van der Waals surface area contributed by atoms with Crippen molar-refractivity contribution < 1.29 is 0 Å². The van der Waals surface area contributed by atoms with Crippen LogP contribution in [0.15, 0.2) is 182 Å². The van der Waals surface area contributed by atoms with E-state index in [0.717, 1.165) is 67.1 Å². The van der Waals surface area contributed by atoms with Gasteiger partial charge in [0.1, 0.15) is 0 Å². The summed E-state index contributed by atoms with van der Waals surface area (Å²) < 4.78 is 9.20. The van der Waals surface area contributed by atoms with Crippen molar-refractivity contribution in [3.63, 3.8) is 0 Å². The van der Waals surface area contributed by atoms with Crippen molar-refractivity contribution in [1.82, 2.24) is 27.9 Å². The summed E-state index contributed by atoms with van der Waals surface area (Å²) in [6.07, 6.45) is 0. The van der Waals surface area contributed by atoms with Crippen LogP contribution in [0.25, 0.3) is 112 Å². The van der Waals surface area contributed by atoms with Gasteiger partial charge in [-0.1, -0.05) is 115 Å². The molecule has 0 unspecified atom stereocenters. The number of benzene rings is 8. The van der Waals surface area contributed by atoms with Crippen LogP contribution < -0.4 is 0 Å². The molecular formula is C50H30N6. The number of hydrogen-bond donors (Lipinski definition) is 0. The molecule has 1 aliphatic carbocycles. The largest absolute Gasteiger partial charge is 0.278 e. The van der Waals surface area contributed by atoms with E-state index in [-0.39, 0.29) is 0 Å². The van der Waals surface area contributed by atoms with Crippen LogP contribution in [0, 0.1) is 0 Å². The lowest BCUT2D eigenvalue weighted by Crippen LogP contribution is -2.00. The lowest BCUT2D eigenvalue weighted by molar-refractivity contribution is 1.11. The fraction of sp³-hybridized carbons (Fsp3) is 0. The Labute approximate surface area is 320 Å². The number of fused-ring (bicyclic) bond motifs is 18. The predicted molar refractivity (Wildman–Crippen MR) is 228 cm³/mol. The van der Waals surface area contributed by atoms with E-state index in [1.54, 1.807) is 0 Å². The van der Waals surface area contributed by atoms with Crippen LogP contribution in [0.1, 0.15) is 0 Å². The van der Waals surface area contributed by atoms with Crippen molar-refractivity contribution in [2.45, 2.75) is 0 Å². The van der Waals surface area contributed by atoms with Gasteiger partial charge in [-0.25, -0.2) is 9.97 Å². The summed E-state index contributed by atoms with van der Waals surface area (Å²) in [7, 11) is 0. The summed E-state index contributed by atoms with van der Waals surface area (Å²) in [6.45, 7) is 0. The van der Waals surface area contributed by atoms with Crippen LogP contribution in [0.4, 0.5) is 0 Å². The Balaban J connectivity index is 1.10. The van der Waals surface area contributed by atoms with Gasteiger partial charge in [0.15, 0.2) is 0 Å². The van der Waals surface area contributed by atoms with E-state index < -0.39 is 0 Å². The fourth-order valence-corrected chi connectivity index (χ4v) is 9.38. The number of nitrogens with zero attached hydrogens (tertiary/aromatic N) is 6. The molecule has 0 saturated carbocycles. The molecular weight excluding hydrogens is 685 g/mol. The highest BCUT2D eigenvalue weighted by Gasteiger charge is 2.25. The molecule has 0 spiro atoms. The van der Waals surface area contributed by atoms with Gasteiger partial charge in [0.25, 0.3) is 0 Å². The molecule has 0 N–H and O–H groups in total. The van der Waals surface area contributed by atoms with E-state index in [4.69, 9.17) is 9.97 Å². The van der Waals surface area contributed by atoms with Crippen LogP contribution in [0.3, 0.4) is 0 Å². The van der Waals surface area contributed by atoms with E-state index in [9.17, 15) is 0 Å². The van der Waals surface area contributed by atoms with Gasteiger partial charge in [-0.2, -0.15) is 0 Å². The minimum absolute atomic E-state index is 0.872. The third-order valence-corrected chi connectivity index (χ3v) is 11.8. The Morgan fingerprint density at radius 1 is 0.268 bits per heavy atom. The zero-order chi connectivity index (χ0) is 36.5. The minimum atomic E-state index is 0.872. The highest BCUT2D eigenvalue weighted by Crippen LogP contribution is 2.48. The standard InChI is InChI=1S/C50H30N6/c1-2-14-34-33(13-1)35-15-3-4-17-37(35)39-27-25-31(29-40(39)38-18-6-5-16-36(34)38)53-47-28-26-32(30-48(47)56-44-22-10-8-20-42(44)52-50(53)56)54-45-23-11-12-24-46(45)55-43-21-9-7-19-41(43)51-49(54)55/h1-30H. The molecule has 260 valence electrons. The van der Waals surface area contributed by atoms with Gasteiger partial charge in [0.05, 0.1) is 49.8 Å². The summed E-state index contributed by atoms with van der Waals surface area (Å²) in [5.41, 5.74) is 20.4. The molecule has 0 atom stereocenters. The van der Waals surface area contributed by atoms with Crippen LogP contribution in [-0.4, -0.2) is 27.9 Å². The van der Waals surface area contributed by atoms with E-state index in [2.05, 4.69) is 200 Å². The second kappa shape index (κ2) is 10.9. The first-order chi connectivity index (χ1) is 27.8. The molecule has 4 aromatic heterocycles. The lowest BCUT2D eigenvalue weighted by atomic mass is 9.81. The molecule has 0 saturated heterocycles. The normalized spacial score (nSPS) is 12.3. The van der Waals surface area contributed by atoms with E-state index >= 15 is 0 Å². The summed E-state index contributed by atoms with van der Waals surface area (Å²) in [5.74, 6) is 1.76. The number of para-hydroxylation sites is 6. The van der Waals surface area contributed by atoms with Crippen LogP contribution in [-0.2, 0) is 0 Å². The SMILES string of the molecule is c1ccc2c(c1)-c1ccccc1-c1ccc(-n3c4ccc(-n5c6ccccc6n6c7ccccc7nc56)cc4n4c5ccccc5nc34)cc1-c1ccccc1-2. The van der Waals surface area contributed by atoms with Crippen molar-refractivity contribution in [2.75, 3.05) is 0 Å². The predicted octanol–water partition coefficient (Wildman–Crippen LogP) is 12.2. The Morgan fingerprint density at radius 3 is 1.20 bits per heavy atom. The van der Waals surface area contributed by atoms with Gasteiger partial charge in [-0.3, -0.25) is 17.9 Å². The van der Waals surface area contributed by atoms with Crippen molar-refractivity contribution in [2.24, 2.45) is 0 Å².